The third-order valence-corrected chi connectivity index (χ3v) is 7.11. The molecule has 146 valence electrons. The largest absolute Gasteiger partial charge is 0.492 e. The molecule has 1 aromatic rings. The molecule has 1 amide bonds. The maximum Gasteiger partial charge on any atom is 0.244 e. The molecule has 8 nitrogen and oxygen atoms in total. The highest BCUT2D eigenvalue weighted by Gasteiger charge is 2.42. The molecule has 0 spiro atoms. The molecule has 1 aliphatic rings. The van der Waals surface area contributed by atoms with E-state index < -0.39 is 31.9 Å². The van der Waals surface area contributed by atoms with Crippen LogP contribution in [0, 0.1) is 11.8 Å². The Balaban J connectivity index is 2.54. The van der Waals surface area contributed by atoms with Gasteiger partial charge in [-0.05, 0) is 31.0 Å². The highest BCUT2D eigenvalue weighted by atomic mass is 32.2. The summed E-state index contributed by atoms with van der Waals surface area (Å²) in [6, 6.07) is 3.91. The van der Waals surface area contributed by atoms with Gasteiger partial charge in [-0.15, -0.1) is 0 Å². The lowest BCUT2D eigenvalue weighted by Crippen LogP contribution is -2.31. The first-order valence-electron chi connectivity index (χ1n) is 8.33. The Bertz CT molecular complexity index is 893. The van der Waals surface area contributed by atoms with Crippen molar-refractivity contribution in [2.24, 2.45) is 11.8 Å². The maximum atomic E-state index is 12.7. The van der Waals surface area contributed by atoms with Gasteiger partial charge in [0.25, 0.3) is 0 Å². The molecule has 1 atom stereocenters. The van der Waals surface area contributed by atoms with E-state index in [-0.39, 0.29) is 41.2 Å². The maximum absolute atomic E-state index is 12.7. The zero-order valence-electron chi connectivity index (χ0n) is 15.2. The monoisotopic (exact) mass is 404 g/mol. The van der Waals surface area contributed by atoms with Crippen LogP contribution < -0.4 is 13.8 Å². The van der Waals surface area contributed by atoms with E-state index in [1.807, 2.05) is 13.8 Å². The van der Waals surface area contributed by atoms with Gasteiger partial charge in [-0.2, -0.15) is 0 Å². The van der Waals surface area contributed by atoms with Gasteiger partial charge in [0, 0.05) is 6.54 Å². The summed E-state index contributed by atoms with van der Waals surface area (Å²) in [5.41, 5.74) is -0.00674. The van der Waals surface area contributed by atoms with Crippen molar-refractivity contribution in [3.8, 4) is 5.75 Å². The molecule has 0 aliphatic carbocycles. The predicted octanol–water partition coefficient (Wildman–Crippen LogP) is 1.33. The molecule has 1 unspecified atom stereocenters. The lowest BCUT2D eigenvalue weighted by atomic mass is 10.2. The van der Waals surface area contributed by atoms with Gasteiger partial charge in [-0.1, -0.05) is 20.8 Å². The molecule has 26 heavy (non-hydrogen) atoms. The Kier molecular flexibility index (Phi) is 5.99. The number of anilines is 1. The Labute approximate surface area is 154 Å². The van der Waals surface area contributed by atoms with Crippen molar-refractivity contribution in [3.63, 3.8) is 0 Å². The summed E-state index contributed by atoms with van der Waals surface area (Å²) in [5, 5.41) is 0. The van der Waals surface area contributed by atoms with Crippen LogP contribution in [0.5, 0.6) is 5.75 Å². The Morgan fingerprint density at radius 1 is 1.35 bits per heavy atom. The molecule has 1 aromatic carbocycles. The normalized spacial score (nSPS) is 20.0. The second-order valence-electron chi connectivity index (χ2n) is 6.59. The van der Waals surface area contributed by atoms with Gasteiger partial charge >= 0.3 is 0 Å². The van der Waals surface area contributed by atoms with E-state index in [1.54, 1.807) is 6.92 Å². The van der Waals surface area contributed by atoms with E-state index in [9.17, 15) is 21.6 Å². The van der Waals surface area contributed by atoms with Crippen LogP contribution in [0.2, 0.25) is 0 Å². The third kappa shape index (κ3) is 4.18. The van der Waals surface area contributed by atoms with Crippen LogP contribution in [0.3, 0.4) is 0 Å². The molecular formula is C16H24N2O6S2. The summed E-state index contributed by atoms with van der Waals surface area (Å²) in [5.74, 6) is -1.36. The fraction of sp³-hybridized carbons (Fsp3) is 0.562. The minimum Gasteiger partial charge on any atom is -0.492 e. The molecule has 1 saturated heterocycles. The van der Waals surface area contributed by atoms with Crippen molar-refractivity contribution in [2.75, 3.05) is 23.2 Å². The van der Waals surface area contributed by atoms with Crippen LogP contribution >= 0.6 is 0 Å². The molecular weight excluding hydrogens is 380 g/mol. The Morgan fingerprint density at radius 2 is 2.00 bits per heavy atom. The Morgan fingerprint density at radius 3 is 2.50 bits per heavy atom. The van der Waals surface area contributed by atoms with E-state index in [2.05, 4.69) is 4.72 Å². The van der Waals surface area contributed by atoms with Gasteiger partial charge in [-0.3, -0.25) is 4.79 Å². The van der Waals surface area contributed by atoms with E-state index >= 15 is 0 Å². The van der Waals surface area contributed by atoms with E-state index in [1.165, 1.54) is 25.1 Å². The lowest BCUT2D eigenvalue weighted by Gasteiger charge is -2.19. The number of carbonyl (C=O) groups is 1. The summed E-state index contributed by atoms with van der Waals surface area (Å²) >= 11 is 0. The average molecular weight is 405 g/mol. The van der Waals surface area contributed by atoms with Gasteiger partial charge in [0.05, 0.1) is 24.0 Å². The van der Waals surface area contributed by atoms with Crippen LogP contribution in [-0.4, -0.2) is 41.6 Å². The smallest absolute Gasteiger partial charge is 0.244 e. The molecule has 1 aliphatic heterocycles. The first kappa shape index (κ1) is 20.7. The van der Waals surface area contributed by atoms with Crippen LogP contribution in [0.15, 0.2) is 23.1 Å². The Hall–Kier alpha value is -1.65. The van der Waals surface area contributed by atoms with Gasteiger partial charge in [0.2, 0.25) is 26.0 Å². The minimum atomic E-state index is -3.94. The molecule has 10 heteroatoms. The average Bonchev–Trinajstić information content (AvgIpc) is 2.74. The van der Waals surface area contributed by atoms with Crippen molar-refractivity contribution < 1.29 is 26.4 Å². The fourth-order valence-electron chi connectivity index (χ4n) is 2.55. The summed E-state index contributed by atoms with van der Waals surface area (Å²) in [7, 11) is -7.76. The van der Waals surface area contributed by atoms with Gasteiger partial charge < -0.3 is 4.74 Å². The highest BCUT2D eigenvalue weighted by Crippen LogP contribution is 2.34. The number of ether oxygens (including phenoxy) is 1. The molecule has 0 aromatic heterocycles. The SMILES string of the molecule is CCOc1ccc(N2C(=O)C(C)CS2(=O)=O)cc1S(=O)(=O)NCC(C)C. The number of sulfonamides is 2. The number of carbonyl (C=O) groups excluding carboxylic acids is 1. The first-order chi connectivity index (χ1) is 12.0. The van der Waals surface area contributed by atoms with Crippen molar-refractivity contribution in [1.82, 2.24) is 4.72 Å². The molecule has 2 rings (SSSR count). The fourth-order valence-corrected chi connectivity index (χ4v) is 5.74. The standard InChI is InChI=1S/C16H24N2O6S2/c1-5-24-14-7-6-13(18-16(19)12(4)10-25(18,20)21)8-15(14)26(22,23)17-9-11(2)3/h6-8,11-12,17H,5,9-10H2,1-4H3. The van der Waals surface area contributed by atoms with Gasteiger partial charge in [-0.25, -0.2) is 25.9 Å². The van der Waals surface area contributed by atoms with E-state index in [0.717, 1.165) is 0 Å². The molecule has 0 saturated carbocycles. The molecule has 1 fully saturated rings. The van der Waals surface area contributed by atoms with E-state index in [0.29, 0.717) is 4.31 Å². The van der Waals surface area contributed by atoms with Crippen LogP contribution in [0.4, 0.5) is 5.69 Å². The number of hydrogen-bond acceptors (Lipinski definition) is 6. The summed E-state index contributed by atoms with van der Waals surface area (Å²) in [6.07, 6.45) is 0. The second kappa shape index (κ2) is 7.53. The number of nitrogens with one attached hydrogen (secondary N) is 1. The predicted molar refractivity (Wildman–Crippen MR) is 98.1 cm³/mol. The zero-order valence-corrected chi connectivity index (χ0v) is 16.9. The summed E-state index contributed by atoms with van der Waals surface area (Å²) < 4.78 is 58.4. The van der Waals surface area contributed by atoms with Gasteiger partial charge in [0.15, 0.2) is 0 Å². The third-order valence-electron chi connectivity index (χ3n) is 3.79. The van der Waals surface area contributed by atoms with Crippen LogP contribution in [-0.2, 0) is 24.8 Å². The summed E-state index contributed by atoms with van der Waals surface area (Å²) in [6.45, 7) is 7.41. The molecule has 0 radical (unpaired) electrons. The molecule has 0 bridgehead atoms. The van der Waals surface area contributed by atoms with Crippen molar-refractivity contribution >= 4 is 31.6 Å². The van der Waals surface area contributed by atoms with Crippen LogP contribution in [0.25, 0.3) is 0 Å². The van der Waals surface area contributed by atoms with Crippen molar-refractivity contribution in [3.05, 3.63) is 18.2 Å². The number of rotatable bonds is 7. The molecule has 1 N–H and O–H groups in total. The molecule has 1 heterocycles. The quantitative estimate of drug-likeness (QED) is 0.734. The topological polar surface area (TPSA) is 110 Å². The number of hydrogen-bond donors (Lipinski definition) is 1. The van der Waals surface area contributed by atoms with Crippen LogP contribution in [0.1, 0.15) is 27.7 Å². The minimum absolute atomic E-state index is 0.00674. The number of amides is 1. The lowest BCUT2D eigenvalue weighted by molar-refractivity contribution is -0.119. The number of nitrogens with zero attached hydrogens (tertiary/aromatic N) is 1. The highest BCUT2D eigenvalue weighted by molar-refractivity contribution is 7.94. The zero-order chi connectivity index (χ0) is 19.7. The van der Waals surface area contributed by atoms with E-state index in [4.69, 9.17) is 4.74 Å². The first-order valence-corrected chi connectivity index (χ1v) is 11.4. The van der Waals surface area contributed by atoms with Crippen molar-refractivity contribution in [1.29, 1.82) is 0 Å². The van der Waals surface area contributed by atoms with Crippen molar-refractivity contribution in [2.45, 2.75) is 32.6 Å². The van der Waals surface area contributed by atoms with Gasteiger partial charge in [0.1, 0.15) is 10.6 Å². The summed E-state index contributed by atoms with van der Waals surface area (Å²) in [4.78, 5) is 12.1. The number of benzene rings is 1. The second-order valence-corrected chi connectivity index (χ2v) is 10.2.